The number of aromatic carboxylic acids is 1. The number of carboxylic acid groups (broad SMARTS) is 1. The first-order valence-corrected chi connectivity index (χ1v) is 6.29. The van der Waals surface area contributed by atoms with Gasteiger partial charge in [-0.2, -0.15) is 10.1 Å². The molecule has 0 saturated heterocycles. The van der Waals surface area contributed by atoms with E-state index in [1.165, 1.54) is 4.52 Å². The Morgan fingerprint density at radius 1 is 1.29 bits per heavy atom. The van der Waals surface area contributed by atoms with Crippen LogP contribution < -0.4 is 5.73 Å². The molecule has 0 bridgehead atoms. The summed E-state index contributed by atoms with van der Waals surface area (Å²) in [5.74, 6) is -1.06. The van der Waals surface area contributed by atoms with E-state index >= 15 is 0 Å². The summed E-state index contributed by atoms with van der Waals surface area (Å²) in [7, 11) is 1.82. The Morgan fingerprint density at radius 2 is 2.00 bits per heavy atom. The van der Waals surface area contributed by atoms with Gasteiger partial charge in [0.05, 0.1) is 5.69 Å². The van der Waals surface area contributed by atoms with Crippen molar-refractivity contribution in [1.82, 2.24) is 24.4 Å². The van der Waals surface area contributed by atoms with Crippen LogP contribution in [-0.4, -0.2) is 35.5 Å². The van der Waals surface area contributed by atoms with Crippen LogP contribution in [0, 0.1) is 13.8 Å². The zero-order chi connectivity index (χ0) is 15.3. The molecule has 0 aliphatic heterocycles. The predicted octanol–water partition coefficient (Wildman–Crippen LogP) is 1.03. The Bertz CT molecular complexity index is 877. The summed E-state index contributed by atoms with van der Waals surface area (Å²) in [6, 6.07) is 3.40. The van der Waals surface area contributed by atoms with Gasteiger partial charge in [-0.15, -0.1) is 5.10 Å². The first-order valence-electron chi connectivity index (χ1n) is 6.29. The monoisotopic (exact) mass is 286 g/mol. The highest BCUT2D eigenvalue weighted by molar-refractivity contribution is 5.95. The zero-order valence-electron chi connectivity index (χ0n) is 11.8. The molecule has 8 heteroatoms. The topological polar surface area (TPSA) is 111 Å². The lowest BCUT2D eigenvalue weighted by atomic mass is 10.0. The van der Waals surface area contributed by atoms with E-state index in [9.17, 15) is 9.90 Å². The normalized spacial score (nSPS) is 11.2. The van der Waals surface area contributed by atoms with Gasteiger partial charge in [-0.1, -0.05) is 0 Å². The Balaban J connectivity index is 2.42. The average Bonchev–Trinajstić information content (AvgIpc) is 2.88. The molecule has 0 amide bonds. The number of rotatable bonds is 2. The first kappa shape index (κ1) is 13.1. The summed E-state index contributed by atoms with van der Waals surface area (Å²) >= 11 is 0. The summed E-state index contributed by atoms with van der Waals surface area (Å²) in [6.07, 6.45) is 0. The van der Waals surface area contributed by atoms with E-state index in [2.05, 4.69) is 15.2 Å². The van der Waals surface area contributed by atoms with Gasteiger partial charge in [0.1, 0.15) is 0 Å². The lowest BCUT2D eigenvalue weighted by molar-refractivity contribution is 0.0688. The standard InChI is InChI=1S/C13H14N6O2/c1-6-10(7(2)18(3)16-6)8-4-5-9-15-13(14)17-19(9)11(8)12(20)21/h4-5H,1-3H3,(H2,14,17)(H,20,21). The van der Waals surface area contributed by atoms with E-state index in [-0.39, 0.29) is 11.6 Å². The van der Waals surface area contributed by atoms with Crippen molar-refractivity contribution >= 4 is 17.6 Å². The van der Waals surface area contributed by atoms with Gasteiger partial charge in [0.2, 0.25) is 5.95 Å². The molecule has 0 fully saturated rings. The van der Waals surface area contributed by atoms with Crippen molar-refractivity contribution in [2.75, 3.05) is 5.73 Å². The number of fused-ring (bicyclic) bond motifs is 1. The summed E-state index contributed by atoms with van der Waals surface area (Å²) in [5, 5.41) is 17.9. The van der Waals surface area contributed by atoms with Gasteiger partial charge in [0.25, 0.3) is 0 Å². The minimum atomic E-state index is -1.09. The molecule has 8 nitrogen and oxygen atoms in total. The van der Waals surface area contributed by atoms with Crippen molar-refractivity contribution < 1.29 is 9.90 Å². The third-order valence-electron chi connectivity index (χ3n) is 3.50. The number of nitrogen functional groups attached to an aromatic ring is 1. The van der Waals surface area contributed by atoms with Crippen LogP contribution in [0.1, 0.15) is 21.9 Å². The fraction of sp³-hybridized carbons (Fsp3) is 0.231. The molecule has 21 heavy (non-hydrogen) atoms. The SMILES string of the molecule is Cc1nn(C)c(C)c1-c1ccc2nc(N)nn2c1C(=O)O. The molecule has 0 radical (unpaired) electrons. The highest BCUT2D eigenvalue weighted by atomic mass is 16.4. The number of carbonyl (C=O) groups is 1. The van der Waals surface area contributed by atoms with Crippen LogP contribution in [0.15, 0.2) is 12.1 Å². The van der Waals surface area contributed by atoms with Gasteiger partial charge in [-0.05, 0) is 26.0 Å². The van der Waals surface area contributed by atoms with Crippen LogP contribution in [0.25, 0.3) is 16.8 Å². The second-order valence-electron chi connectivity index (χ2n) is 4.81. The maximum atomic E-state index is 11.7. The molecule has 3 heterocycles. The van der Waals surface area contributed by atoms with E-state index in [0.29, 0.717) is 11.2 Å². The number of aryl methyl sites for hydroxylation is 2. The largest absolute Gasteiger partial charge is 0.476 e. The van der Waals surface area contributed by atoms with E-state index in [0.717, 1.165) is 17.0 Å². The third-order valence-corrected chi connectivity index (χ3v) is 3.50. The number of hydrogen-bond donors (Lipinski definition) is 2. The molecule has 0 spiro atoms. The van der Waals surface area contributed by atoms with Crippen LogP contribution in [0.5, 0.6) is 0 Å². The summed E-state index contributed by atoms with van der Waals surface area (Å²) in [6.45, 7) is 3.73. The molecule has 0 aliphatic rings. The van der Waals surface area contributed by atoms with Gasteiger partial charge < -0.3 is 10.8 Å². The van der Waals surface area contributed by atoms with Crippen LogP contribution >= 0.6 is 0 Å². The maximum absolute atomic E-state index is 11.7. The number of nitrogens with two attached hydrogens (primary N) is 1. The average molecular weight is 286 g/mol. The second kappa shape index (κ2) is 4.30. The summed E-state index contributed by atoms with van der Waals surface area (Å²) in [4.78, 5) is 15.7. The maximum Gasteiger partial charge on any atom is 0.355 e. The van der Waals surface area contributed by atoms with Crippen LogP contribution in [0.3, 0.4) is 0 Å². The molecular formula is C13H14N6O2. The molecule has 3 N–H and O–H groups in total. The number of pyridine rings is 1. The predicted molar refractivity (Wildman–Crippen MR) is 76.0 cm³/mol. The van der Waals surface area contributed by atoms with Crippen molar-refractivity contribution in [3.63, 3.8) is 0 Å². The summed E-state index contributed by atoms with van der Waals surface area (Å²) in [5.41, 5.74) is 8.94. The van der Waals surface area contributed by atoms with Crippen molar-refractivity contribution in [2.45, 2.75) is 13.8 Å². The minimum absolute atomic E-state index is 0.0240. The molecule has 3 aromatic rings. The molecule has 3 aromatic heterocycles. The number of hydrogen-bond acceptors (Lipinski definition) is 5. The van der Waals surface area contributed by atoms with E-state index < -0.39 is 5.97 Å². The van der Waals surface area contributed by atoms with Gasteiger partial charge in [0.15, 0.2) is 11.3 Å². The molecule has 0 unspecified atom stereocenters. The van der Waals surface area contributed by atoms with Crippen LogP contribution in [-0.2, 0) is 7.05 Å². The first-order chi connectivity index (χ1) is 9.90. The third kappa shape index (κ3) is 1.83. The second-order valence-corrected chi connectivity index (χ2v) is 4.81. The quantitative estimate of drug-likeness (QED) is 0.727. The molecule has 0 saturated carbocycles. The van der Waals surface area contributed by atoms with Crippen LogP contribution in [0.4, 0.5) is 5.95 Å². The Hall–Kier alpha value is -2.90. The number of carboxylic acids is 1. The van der Waals surface area contributed by atoms with Crippen molar-refractivity contribution in [1.29, 1.82) is 0 Å². The van der Waals surface area contributed by atoms with Gasteiger partial charge in [-0.25, -0.2) is 9.31 Å². The highest BCUT2D eigenvalue weighted by Crippen LogP contribution is 2.30. The molecule has 0 aromatic carbocycles. The van der Waals surface area contributed by atoms with Crippen molar-refractivity contribution in [2.24, 2.45) is 7.05 Å². The van der Waals surface area contributed by atoms with E-state index in [4.69, 9.17) is 5.73 Å². The Labute approximate surface area is 119 Å². The molecular weight excluding hydrogens is 272 g/mol. The number of aromatic nitrogens is 5. The van der Waals surface area contributed by atoms with Gasteiger partial charge in [-0.3, -0.25) is 4.68 Å². The Kier molecular flexibility index (Phi) is 2.68. The van der Waals surface area contributed by atoms with Gasteiger partial charge in [0, 0.05) is 23.9 Å². The zero-order valence-corrected chi connectivity index (χ0v) is 11.8. The summed E-state index contributed by atoms with van der Waals surface area (Å²) < 4.78 is 2.97. The van der Waals surface area contributed by atoms with Gasteiger partial charge >= 0.3 is 5.97 Å². The molecule has 0 aliphatic carbocycles. The Morgan fingerprint density at radius 3 is 2.57 bits per heavy atom. The smallest absolute Gasteiger partial charge is 0.355 e. The van der Waals surface area contributed by atoms with Crippen molar-refractivity contribution in [3.05, 3.63) is 29.2 Å². The number of nitrogens with zero attached hydrogens (tertiary/aromatic N) is 5. The van der Waals surface area contributed by atoms with E-state index in [1.54, 1.807) is 16.8 Å². The lowest BCUT2D eigenvalue weighted by Crippen LogP contribution is -2.09. The fourth-order valence-corrected chi connectivity index (χ4v) is 2.54. The fourth-order valence-electron chi connectivity index (χ4n) is 2.54. The minimum Gasteiger partial charge on any atom is -0.476 e. The molecule has 108 valence electrons. The highest BCUT2D eigenvalue weighted by Gasteiger charge is 2.22. The number of anilines is 1. The molecule has 3 rings (SSSR count). The van der Waals surface area contributed by atoms with E-state index in [1.807, 2.05) is 20.9 Å². The molecule has 0 atom stereocenters. The lowest BCUT2D eigenvalue weighted by Gasteiger charge is -2.08. The van der Waals surface area contributed by atoms with Crippen molar-refractivity contribution in [3.8, 4) is 11.1 Å². The van der Waals surface area contributed by atoms with Crippen LogP contribution in [0.2, 0.25) is 0 Å².